The number of hydrogen-bond donors (Lipinski definition) is 2. The minimum absolute atomic E-state index is 0.00236. The van der Waals surface area contributed by atoms with Gasteiger partial charge in [0.05, 0.1) is 13.2 Å². The molecule has 0 saturated carbocycles. The van der Waals surface area contributed by atoms with Crippen LogP contribution in [0.1, 0.15) is 0 Å². The maximum absolute atomic E-state index is 12.9. The van der Waals surface area contributed by atoms with Crippen molar-refractivity contribution in [2.45, 2.75) is 10.5 Å². The summed E-state index contributed by atoms with van der Waals surface area (Å²) in [6.45, 7) is 1.88. The summed E-state index contributed by atoms with van der Waals surface area (Å²) in [7, 11) is 0. The molecule has 0 spiro atoms. The Kier molecular flexibility index (Phi) is 4.43. The van der Waals surface area contributed by atoms with E-state index in [2.05, 4.69) is 0 Å². The molecule has 1 fully saturated rings. The number of ether oxygens (including phenoxy) is 1. The summed E-state index contributed by atoms with van der Waals surface area (Å²) >= 11 is 6.17. The molecule has 1 unspecified atom stereocenters. The second-order valence-electron chi connectivity index (χ2n) is 4.31. The summed E-state index contributed by atoms with van der Waals surface area (Å²) in [6, 6.07) is 0. The molecule has 2 N–H and O–H groups in total. The second kappa shape index (κ2) is 5.63. The summed E-state index contributed by atoms with van der Waals surface area (Å²) in [5.74, 6) is -1.55. The van der Waals surface area contributed by atoms with E-state index in [1.54, 1.807) is 4.90 Å². The van der Waals surface area contributed by atoms with E-state index in [0.717, 1.165) is 0 Å². The molecule has 10 heteroatoms. The lowest BCUT2D eigenvalue weighted by Gasteiger charge is -2.27. The van der Waals surface area contributed by atoms with Gasteiger partial charge >= 0.3 is 12.1 Å². The summed E-state index contributed by atoms with van der Waals surface area (Å²) in [4.78, 5) is 12.6. The van der Waals surface area contributed by atoms with Crippen molar-refractivity contribution in [3.63, 3.8) is 0 Å². The van der Waals surface area contributed by atoms with Gasteiger partial charge in [-0.3, -0.25) is 4.90 Å². The van der Waals surface area contributed by atoms with Crippen LogP contribution in [0.5, 0.6) is 0 Å². The van der Waals surface area contributed by atoms with Gasteiger partial charge in [-0.15, -0.1) is 0 Å². The number of alkyl halides is 4. The van der Waals surface area contributed by atoms with Crippen molar-refractivity contribution in [2.75, 3.05) is 32.8 Å². The van der Waals surface area contributed by atoms with E-state index >= 15 is 0 Å². The molecule has 1 atom stereocenters. The van der Waals surface area contributed by atoms with Gasteiger partial charge in [-0.25, -0.2) is 4.79 Å². The smallest absolute Gasteiger partial charge is 0.431 e. The Bertz CT molecular complexity index is 440. The van der Waals surface area contributed by atoms with Crippen LogP contribution in [0.2, 0.25) is 0 Å². The van der Waals surface area contributed by atoms with Crippen LogP contribution in [0.15, 0.2) is 10.6 Å². The van der Waals surface area contributed by atoms with Crippen LogP contribution in [-0.4, -0.2) is 59.3 Å². The Morgan fingerprint density at radius 1 is 1.50 bits per heavy atom. The summed E-state index contributed by atoms with van der Waals surface area (Å²) in [5.41, 5.74) is -1.08. The topological polar surface area (TPSA) is 61.8 Å². The third-order valence-corrected chi connectivity index (χ3v) is 4.48. The van der Waals surface area contributed by atoms with Crippen molar-refractivity contribution in [2.24, 2.45) is 0 Å². The molecule has 2 heterocycles. The summed E-state index contributed by atoms with van der Waals surface area (Å²) in [5, 5.41) is 10.8. The highest BCUT2D eigenvalue weighted by molar-refractivity contribution is 8.06. The van der Waals surface area contributed by atoms with E-state index in [4.69, 9.17) is 21.4 Å². The summed E-state index contributed by atoms with van der Waals surface area (Å²) < 4.78 is 41.7. The Hall–Kier alpha value is -0.640. The zero-order chi connectivity index (χ0) is 15.0. The molecule has 0 radical (unpaired) electrons. The third-order valence-electron chi connectivity index (χ3n) is 2.86. The molecule has 0 aliphatic carbocycles. The highest BCUT2D eigenvalue weighted by atomic mass is 35.5. The number of nitrogens with zero attached hydrogens (tertiary/aromatic N) is 1. The van der Waals surface area contributed by atoms with E-state index in [9.17, 15) is 18.0 Å². The molecule has 1 saturated heterocycles. The quantitative estimate of drug-likeness (QED) is 0.602. The monoisotopic (exact) mass is 332 g/mol. The molecule has 0 aromatic heterocycles. The highest BCUT2D eigenvalue weighted by Gasteiger charge is 2.52. The number of nitrogens with one attached hydrogen (secondary N) is 1. The molecule has 0 bridgehead atoms. The number of carboxylic acids is 1. The number of halogens is 4. The van der Waals surface area contributed by atoms with E-state index in [1.165, 1.54) is 0 Å². The zero-order valence-electron chi connectivity index (χ0n) is 10.2. The maximum Gasteiger partial charge on any atom is 0.431 e. The van der Waals surface area contributed by atoms with Crippen molar-refractivity contribution in [1.29, 1.82) is 0 Å². The Morgan fingerprint density at radius 3 is 2.60 bits per heavy atom. The van der Waals surface area contributed by atoms with Gasteiger partial charge in [-0.2, -0.15) is 13.2 Å². The van der Waals surface area contributed by atoms with Crippen LogP contribution >= 0.6 is 23.4 Å². The van der Waals surface area contributed by atoms with Crippen LogP contribution in [-0.2, 0) is 9.53 Å². The molecule has 114 valence electrons. The van der Waals surface area contributed by atoms with Gasteiger partial charge in [0.15, 0.2) is 0 Å². The number of rotatable bonds is 3. The molecule has 20 heavy (non-hydrogen) atoms. The fourth-order valence-corrected chi connectivity index (χ4v) is 3.35. The van der Waals surface area contributed by atoms with Crippen LogP contribution in [0, 0.1) is 0 Å². The molecule has 2 rings (SSSR count). The molecule has 0 aromatic rings. The number of carboxylic acid groups (broad SMARTS) is 1. The molecule has 2 aliphatic heterocycles. The van der Waals surface area contributed by atoms with E-state index in [-0.39, 0.29) is 11.4 Å². The fraction of sp³-hybridized carbons (Fsp3) is 0.700. The highest BCUT2D eigenvalue weighted by Crippen LogP contribution is 2.46. The lowest BCUT2D eigenvalue weighted by atomic mass is 10.3. The predicted octanol–water partition coefficient (Wildman–Crippen LogP) is 1.41. The van der Waals surface area contributed by atoms with Crippen molar-refractivity contribution in [1.82, 2.24) is 10.2 Å². The number of morpholine rings is 1. The van der Waals surface area contributed by atoms with Gasteiger partial charge in [0.25, 0.3) is 4.33 Å². The number of aliphatic carboxylic acids is 1. The lowest BCUT2D eigenvalue weighted by Crippen LogP contribution is -2.42. The average molecular weight is 333 g/mol. The SMILES string of the molecule is O=C(O)C1(Cl)NC(C(F)(F)F)=C(CN2CCOCC2)S1. The normalized spacial score (nSPS) is 28.6. The minimum atomic E-state index is -4.67. The second-order valence-corrected chi connectivity index (χ2v) is 6.41. The van der Waals surface area contributed by atoms with Crippen molar-refractivity contribution < 1.29 is 27.8 Å². The Labute approximate surface area is 122 Å². The predicted molar refractivity (Wildman–Crippen MR) is 67.3 cm³/mol. The Morgan fingerprint density at radius 2 is 2.10 bits per heavy atom. The first kappa shape index (κ1) is 15.7. The average Bonchev–Trinajstić information content (AvgIpc) is 2.69. The van der Waals surface area contributed by atoms with Crippen LogP contribution in [0.4, 0.5) is 13.2 Å². The number of carbonyl (C=O) groups is 1. The van der Waals surface area contributed by atoms with E-state index in [0.29, 0.717) is 38.1 Å². The molecule has 0 aromatic carbocycles. The molecule has 2 aliphatic rings. The van der Waals surface area contributed by atoms with E-state index < -0.39 is 22.2 Å². The molecular weight excluding hydrogens is 321 g/mol. The van der Waals surface area contributed by atoms with Gasteiger partial charge in [0.2, 0.25) is 0 Å². The van der Waals surface area contributed by atoms with Gasteiger partial charge in [0, 0.05) is 24.5 Å². The largest absolute Gasteiger partial charge is 0.478 e. The van der Waals surface area contributed by atoms with Gasteiger partial charge in [-0.05, 0) is 0 Å². The Balaban J connectivity index is 2.18. The van der Waals surface area contributed by atoms with Gasteiger partial charge < -0.3 is 15.2 Å². The van der Waals surface area contributed by atoms with Gasteiger partial charge in [0.1, 0.15) is 5.70 Å². The van der Waals surface area contributed by atoms with Crippen LogP contribution in [0.25, 0.3) is 0 Å². The van der Waals surface area contributed by atoms with Crippen molar-refractivity contribution in [3.05, 3.63) is 10.6 Å². The third kappa shape index (κ3) is 3.33. The molecule has 5 nitrogen and oxygen atoms in total. The van der Waals surface area contributed by atoms with Crippen molar-refractivity contribution >= 4 is 29.3 Å². The lowest BCUT2D eigenvalue weighted by molar-refractivity contribution is -0.138. The number of allylic oxidation sites excluding steroid dienone is 1. The minimum Gasteiger partial charge on any atom is -0.478 e. The first-order chi connectivity index (χ1) is 9.22. The zero-order valence-corrected chi connectivity index (χ0v) is 11.7. The van der Waals surface area contributed by atoms with E-state index in [1.807, 2.05) is 5.32 Å². The standard InChI is InChI=1S/C10H12ClF3N2O3S/c11-9(8(17)18)15-7(10(12,13)14)6(20-9)5-16-1-3-19-4-2-16/h15H,1-5H2,(H,17,18). The molecular formula is C10H12ClF3N2O3S. The first-order valence-corrected chi connectivity index (χ1v) is 6.92. The van der Waals surface area contributed by atoms with Crippen molar-refractivity contribution in [3.8, 4) is 0 Å². The number of hydrogen-bond acceptors (Lipinski definition) is 5. The fourth-order valence-electron chi connectivity index (χ4n) is 1.88. The van der Waals surface area contributed by atoms with Crippen LogP contribution < -0.4 is 5.32 Å². The summed E-state index contributed by atoms with van der Waals surface area (Å²) in [6.07, 6.45) is -4.67. The number of thioether (sulfide) groups is 1. The maximum atomic E-state index is 12.9. The molecule has 0 amide bonds. The first-order valence-electron chi connectivity index (χ1n) is 5.72. The van der Waals surface area contributed by atoms with Crippen LogP contribution in [0.3, 0.4) is 0 Å². The van der Waals surface area contributed by atoms with Gasteiger partial charge in [-0.1, -0.05) is 23.4 Å².